The predicted molar refractivity (Wildman–Crippen MR) is 149 cm³/mol. The highest BCUT2D eigenvalue weighted by molar-refractivity contribution is 6.31. The molecular weight excluding hydrogens is 539 g/mol. The van der Waals surface area contributed by atoms with Gasteiger partial charge in [-0.2, -0.15) is 0 Å². The van der Waals surface area contributed by atoms with Gasteiger partial charge in [0.05, 0.1) is 23.7 Å². The number of piperazine rings is 1. The quantitative estimate of drug-likeness (QED) is 0.242. The van der Waals surface area contributed by atoms with E-state index in [1.807, 2.05) is 30.3 Å². The van der Waals surface area contributed by atoms with Crippen LogP contribution in [0, 0.1) is 5.82 Å². The second-order valence-electron chi connectivity index (χ2n) is 9.65. The number of hydrogen-bond acceptors (Lipinski definition) is 7. The van der Waals surface area contributed by atoms with Crippen LogP contribution < -0.4 is 21.5 Å². The molecule has 1 saturated heterocycles. The Morgan fingerprint density at radius 3 is 2.83 bits per heavy atom. The van der Waals surface area contributed by atoms with Gasteiger partial charge in [-0.05, 0) is 35.3 Å². The summed E-state index contributed by atoms with van der Waals surface area (Å²) in [7, 11) is 0. The van der Waals surface area contributed by atoms with Gasteiger partial charge in [-0.25, -0.2) is 20.1 Å². The molecule has 2 unspecified atom stereocenters. The number of rotatable bonds is 11. The molecule has 2 aromatic rings. The number of benzene rings is 2. The molecular formula is C28H34ClFN6O4. The van der Waals surface area contributed by atoms with Crippen LogP contribution >= 0.6 is 11.6 Å². The summed E-state index contributed by atoms with van der Waals surface area (Å²) in [6.45, 7) is 3.72. The van der Waals surface area contributed by atoms with Crippen molar-refractivity contribution in [1.82, 2.24) is 31.4 Å². The van der Waals surface area contributed by atoms with Crippen LogP contribution in [0.4, 0.5) is 9.18 Å². The lowest BCUT2D eigenvalue weighted by atomic mass is 9.97. The number of urea groups is 1. The molecule has 0 spiro atoms. The molecule has 2 aliphatic heterocycles. The van der Waals surface area contributed by atoms with E-state index in [2.05, 4.69) is 21.5 Å². The first-order chi connectivity index (χ1) is 19.4. The van der Waals surface area contributed by atoms with Crippen molar-refractivity contribution in [3.05, 3.63) is 76.2 Å². The summed E-state index contributed by atoms with van der Waals surface area (Å²) in [6.07, 6.45) is 3.96. The van der Waals surface area contributed by atoms with E-state index in [1.54, 1.807) is 12.3 Å². The Balaban J connectivity index is 1.53. The van der Waals surface area contributed by atoms with Gasteiger partial charge in [0.1, 0.15) is 18.2 Å². The number of amides is 3. The van der Waals surface area contributed by atoms with Gasteiger partial charge in [-0.3, -0.25) is 19.5 Å². The lowest BCUT2D eigenvalue weighted by Gasteiger charge is -2.41. The number of halogens is 2. The molecule has 214 valence electrons. The van der Waals surface area contributed by atoms with Crippen LogP contribution in [0.25, 0.3) is 6.08 Å². The Morgan fingerprint density at radius 1 is 1.25 bits per heavy atom. The van der Waals surface area contributed by atoms with Crippen molar-refractivity contribution in [2.45, 2.75) is 51.0 Å². The highest BCUT2D eigenvalue weighted by atomic mass is 35.5. The Hall–Kier alpha value is -3.35. The van der Waals surface area contributed by atoms with Gasteiger partial charge < -0.3 is 15.4 Å². The maximum Gasteiger partial charge on any atom is 0.345 e. The Kier molecular flexibility index (Phi) is 10.6. The SMILES string of the molecule is CC(=O)N(NCc1cccc(F)c1Cl)[C@H](CCC=O)C(ONC(=O)N1C=Cc2ccccc2C1)C1CNCCN1. The summed E-state index contributed by atoms with van der Waals surface area (Å²) >= 11 is 6.13. The van der Waals surface area contributed by atoms with Crippen molar-refractivity contribution in [2.24, 2.45) is 0 Å². The number of carbonyl (C=O) groups is 3. The molecule has 10 nitrogen and oxygen atoms in total. The van der Waals surface area contributed by atoms with Crippen molar-refractivity contribution >= 4 is 35.9 Å². The maximum absolute atomic E-state index is 14.0. The second-order valence-corrected chi connectivity index (χ2v) is 10.0. The molecule has 0 aromatic heterocycles. The van der Waals surface area contributed by atoms with Crippen LogP contribution in [0.5, 0.6) is 0 Å². The van der Waals surface area contributed by atoms with Gasteiger partial charge in [-0.15, -0.1) is 0 Å². The van der Waals surface area contributed by atoms with Crippen LogP contribution in [-0.4, -0.2) is 66.0 Å². The van der Waals surface area contributed by atoms with Gasteiger partial charge in [-0.1, -0.05) is 48.0 Å². The summed E-state index contributed by atoms with van der Waals surface area (Å²) in [5.74, 6) is -0.911. The molecule has 4 rings (SSSR count). The molecule has 0 saturated carbocycles. The molecule has 2 aliphatic rings. The number of hydroxylamine groups is 1. The van der Waals surface area contributed by atoms with E-state index in [0.29, 0.717) is 25.2 Å². The van der Waals surface area contributed by atoms with E-state index in [4.69, 9.17) is 16.4 Å². The number of hydrogen-bond donors (Lipinski definition) is 4. The number of nitrogens with one attached hydrogen (secondary N) is 4. The van der Waals surface area contributed by atoms with Gasteiger partial charge in [0, 0.05) is 45.7 Å². The Labute approximate surface area is 237 Å². The molecule has 4 N–H and O–H groups in total. The molecule has 12 heteroatoms. The summed E-state index contributed by atoms with van der Waals surface area (Å²) in [5.41, 5.74) is 8.12. The molecule has 2 aromatic carbocycles. The highest BCUT2D eigenvalue weighted by Crippen LogP contribution is 2.22. The maximum atomic E-state index is 14.0. The van der Waals surface area contributed by atoms with Crippen molar-refractivity contribution in [3.8, 4) is 0 Å². The Morgan fingerprint density at radius 2 is 2.08 bits per heavy atom. The molecule has 2 heterocycles. The molecule has 0 aliphatic carbocycles. The summed E-state index contributed by atoms with van der Waals surface area (Å²) in [5, 5.41) is 8.01. The molecule has 0 radical (unpaired) electrons. The van der Waals surface area contributed by atoms with Gasteiger partial charge >= 0.3 is 6.03 Å². The Bertz CT molecular complexity index is 1230. The predicted octanol–water partition coefficient (Wildman–Crippen LogP) is 2.74. The number of nitrogens with zero attached hydrogens (tertiary/aromatic N) is 2. The van der Waals surface area contributed by atoms with Gasteiger partial charge in [0.2, 0.25) is 5.91 Å². The molecule has 40 heavy (non-hydrogen) atoms. The standard InChI is InChI=1S/C28H34ClFN6O4/c1-19(38)36(33-16-21-8-4-9-23(30)26(21)29)25(10-5-15-37)27(24-17-31-12-13-32-24)40-34-28(39)35-14-11-20-6-2-3-7-22(20)18-35/h2-4,6-9,11,14-15,24-25,27,31-33H,5,10,12-13,16-18H2,1H3,(H,34,39)/t24?,25-,27?/m1/s1. The first-order valence-electron chi connectivity index (χ1n) is 13.2. The second kappa shape index (κ2) is 14.3. The fourth-order valence-corrected chi connectivity index (χ4v) is 5.09. The highest BCUT2D eigenvalue weighted by Gasteiger charge is 2.37. The lowest BCUT2D eigenvalue weighted by molar-refractivity contribution is -0.145. The molecule has 0 bridgehead atoms. The fraction of sp³-hybridized carbons (Fsp3) is 0.393. The average molecular weight is 573 g/mol. The average Bonchev–Trinajstić information content (AvgIpc) is 2.97. The first-order valence-corrected chi connectivity index (χ1v) is 13.6. The third-order valence-electron chi connectivity index (χ3n) is 6.94. The normalized spacial score (nSPS) is 18.0. The topological polar surface area (TPSA) is 115 Å². The van der Waals surface area contributed by atoms with E-state index in [9.17, 15) is 18.8 Å². The smallest absolute Gasteiger partial charge is 0.314 e. The van der Waals surface area contributed by atoms with Gasteiger partial charge in [0.15, 0.2) is 0 Å². The summed E-state index contributed by atoms with van der Waals surface area (Å²) in [4.78, 5) is 45.0. The largest absolute Gasteiger partial charge is 0.345 e. The van der Waals surface area contributed by atoms with Gasteiger partial charge in [0.25, 0.3) is 0 Å². The third kappa shape index (κ3) is 7.43. The zero-order valence-corrected chi connectivity index (χ0v) is 23.0. The number of carbonyl (C=O) groups excluding carboxylic acids is 3. The fourth-order valence-electron chi connectivity index (χ4n) is 4.90. The van der Waals surface area contributed by atoms with Crippen molar-refractivity contribution in [3.63, 3.8) is 0 Å². The number of fused-ring (bicyclic) bond motifs is 1. The van der Waals surface area contributed by atoms with E-state index < -0.39 is 24.0 Å². The van der Waals surface area contributed by atoms with Crippen LogP contribution in [-0.2, 0) is 27.5 Å². The van der Waals surface area contributed by atoms with Crippen LogP contribution in [0.1, 0.15) is 36.5 Å². The molecule has 3 amide bonds. The number of hydrazine groups is 1. The minimum absolute atomic E-state index is 0.0442. The van der Waals surface area contributed by atoms with Crippen molar-refractivity contribution in [2.75, 3.05) is 19.6 Å². The van der Waals surface area contributed by atoms with E-state index >= 15 is 0 Å². The first kappa shape index (κ1) is 29.6. The summed E-state index contributed by atoms with van der Waals surface area (Å²) in [6, 6.07) is 10.8. The molecule has 1 fully saturated rings. The lowest BCUT2D eigenvalue weighted by Crippen LogP contribution is -2.64. The van der Waals surface area contributed by atoms with Crippen LogP contribution in [0.3, 0.4) is 0 Å². The monoisotopic (exact) mass is 572 g/mol. The number of aldehydes is 1. The summed E-state index contributed by atoms with van der Waals surface area (Å²) < 4.78 is 14.0. The van der Waals surface area contributed by atoms with Crippen LogP contribution in [0.2, 0.25) is 5.02 Å². The van der Waals surface area contributed by atoms with E-state index in [1.165, 1.54) is 29.0 Å². The molecule has 3 atom stereocenters. The van der Waals surface area contributed by atoms with Crippen molar-refractivity contribution in [1.29, 1.82) is 0 Å². The minimum Gasteiger partial charge on any atom is -0.314 e. The van der Waals surface area contributed by atoms with Crippen LogP contribution in [0.15, 0.2) is 48.7 Å². The van der Waals surface area contributed by atoms with E-state index in [-0.39, 0.29) is 36.4 Å². The van der Waals surface area contributed by atoms with E-state index in [0.717, 1.165) is 24.0 Å². The zero-order valence-electron chi connectivity index (χ0n) is 22.2. The minimum atomic E-state index is -0.753. The van der Waals surface area contributed by atoms with Crippen molar-refractivity contribution < 1.29 is 23.6 Å². The third-order valence-corrected chi connectivity index (χ3v) is 7.37. The zero-order chi connectivity index (χ0) is 28.5.